The van der Waals surface area contributed by atoms with Gasteiger partial charge in [-0.05, 0) is 18.6 Å². The van der Waals surface area contributed by atoms with Gasteiger partial charge in [0.1, 0.15) is 5.65 Å². The fourth-order valence-corrected chi connectivity index (χ4v) is 2.55. The number of likely N-dealkylation sites (tertiary alicyclic amines) is 1. The number of pyridine rings is 1. The third-order valence-corrected chi connectivity index (χ3v) is 3.53. The van der Waals surface area contributed by atoms with Crippen molar-refractivity contribution in [2.24, 2.45) is 0 Å². The van der Waals surface area contributed by atoms with Crippen molar-refractivity contribution in [1.82, 2.24) is 14.3 Å². The Morgan fingerprint density at radius 2 is 2.32 bits per heavy atom. The van der Waals surface area contributed by atoms with Crippen LogP contribution in [-0.4, -0.2) is 38.6 Å². The molecule has 0 unspecified atom stereocenters. The molecule has 3 heterocycles. The number of aromatic nitrogens is 2. The largest absolute Gasteiger partial charge is 0.392 e. The minimum Gasteiger partial charge on any atom is -0.392 e. The molecule has 0 aliphatic carbocycles. The standard InChI is InChI=1S/C13H14ClN3O2/c14-9-1-2-12-15-10(5-13(19)17(12)6-9)7-16-4-3-11(18)8-16/h1-2,5-6,11,18H,3-4,7-8H2/t11-/m0/s1. The highest BCUT2D eigenvalue weighted by molar-refractivity contribution is 6.30. The Kier molecular flexibility index (Phi) is 3.26. The maximum atomic E-state index is 12.0. The summed E-state index contributed by atoms with van der Waals surface area (Å²) >= 11 is 5.86. The molecule has 2 aromatic rings. The second kappa shape index (κ2) is 4.92. The zero-order chi connectivity index (χ0) is 13.4. The van der Waals surface area contributed by atoms with Crippen LogP contribution in [0.25, 0.3) is 5.65 Å². The van der Waals surface area contributed by atoms with Crippen molar-refractivity contribution in [3.8, 4) is 0 Å². The van der Waals surface area contributed by atoms with Crippen LogP contribution in [0.1, 0.15) is 12.1 Å². The summed E-state index contributed by atoms with van der Waals surface area (Å²) in [6.45, 7) is 2.07. The molecular weight excluding hydrogens is 266 g/mol. The normalized spacial score (nSPS) is 20.2. The molecule has 0 saturated carbocycles. The second-order valence-corrected chi connectivity index (χ2v) is 5.28. The zero-order valence-corrected chi connectivity index (χ0v) is 11.0. The van der Waals surface area contributed by atoms with E-state index in [9.17, 15) is 9.90 Å². The van der Waals surface area contributed by atoms with Gasteiger partial charge < -0.3 is 5.11 Å². The number of halogens is 1. The molecule has 0 spiro atoms. The summed E-state index contributed by atoms with van der Waals surface area (Å²) in [7, 11) is 0. The van der Waals surface area contributed by atoms with Gasteiger partial charge in [0.15, 0.2) is 0 Å². The van der Waals surface area contributed by atoms with Crippen LogP contribution < -0.4 is 5.56 Å². The van der Waals surface area contributed by atoms with Gasteiger partial charge in [0, 0.05) is 31.9 Å². The summed E-state index contributed by atoms with van der Waals surface area (Å²) in [5.41, 5.74) is 1.18. The number of β-amino-alcohol motifs (C(OH)–C–C–N with tert-alkyl or cyclic N) is 1. The van der Waals surface area contributed by atoms with E-state index in [0.717, 1.165) is 18.7 Å². The van der Waals surface area contributed by atoms with Crippen molar-refractivity contribution in [3.05, 3.63) is 45.5 Å². The molecule has 2 aromatic heterocycles. The summed E-state index contributed by atoms with van der Waals surface area (Å²) in [5, 5.41) is 10.00. The van der Waals surface area contributed by atoms with E-state index >= 15 is 0 Å². The lowest BCUT2D eigenvalue weighted by Gasteiger charge is -2.14. The maximum absolute atomic E-state index is 12.0. The molecule has 5 nitrogen and oxygen atoms in total. The number of aliphatic hydroxyl groups excluding tert-OH is 1. The monoisotopic (exact) mass is 279 g/mol. The molecule has 1 atom stereocenters. The quantitative estimate of drug-likeness (QED) is 0.888. The maximum Gasteiger partial charge on any atom is 0.258 e. The predicted molar refractivity (Wildman–Crippen MR) is 72.4 cm³/mol. The Hall–Kier alpha value is -1.43. The SMILES string of the molecule is O=c1cc(CN2CC[C@H](O)C2)nc2ccc(Cl)cn12. The Labute approximate surface area is 115 Å². The first-order valence-corrected chi connectivity index (χ1v) is 6.58. The van der Waals surface area contributed by atoms with Gasteiger partial charge in [0.25, 0.3) is 5.56 Å². The number of aliphatic hydroxyl groups is 1. The molecule has 1 aliphatic rings. The summed E-state index contributed by atoms with van der Waals surface area (Å²) < 4.78 is 1.44. The summed E-state index contributed by atoms with van der Waals surface area (Å²) in [5.74, 6) is 0. The first-order chi connectivity index (χ1) is 9.11. The molecule has 1 N–H and O–H groups in total. The number of fused-ring (bicyclic) bond motifs is 1. The summed E-state index contributed by atoms with van der Waals surface area (Å²) in [4.78, 5) is 18.5. The minimum absolute atomic E-state index is 0.137. The molecule has 1 saturated heterocycles. The van der Waals surface area contributed by atoms with Crippen molar-refractivity contribution >= 4 is 17.2 Å². The second-order valence-electron chi connectivity index (χ2n) is 4.84. The Bertz CT molecular complexity index is 670. The van der Waals surface area contributed by atoms with E-state index < -0.39 is 0 Å². The fourth-order valence-electron chi connectivity index (χ4n) is 2.39. The molecule has 6 heteroatoms. The minimum atomic E-state index is -0.264. The average molecular weight is 280 g/mol. The number of hydrogen-bond donors (Lipinski definition) is 1. The summed E-state index contributed by atoms with van der Waals surface area (Å²) in [6, 6.07) is 4.97. The van der Waals surface area contributed by atoms with E-state index in [-0.39, 0.29) is 11.7 Å². The lowest BCUT2D eigenvalue weighted by Crippen LogP contribution is -2.24. The summed E-state index contributed by atoms with van der Waals surface area (Å²) in [6.07, 6.45) is 2.08. The van der Waals surface area contributed by atoms with Crippen LogP contribution in [0.3, 0.4) is 0 Å². The molecule has 3 rings (SSSR count). The lowest BCUT2D eigenvalue weighted by atomic mass is 10.3. The smallest absolute Gasteiger partial charge is 0.258 e. The van der Waals surface area contributed by atoms with Crippen LogP contribution in [0.15, 0.2) is 29.2 Å². The first-order valence-electron chi connectivity index (χ1n) is 6.20. The van der Waals surface area contributed by atoms with Gasteiger partial charge in [0.05, 0.1) is 16.8 Å². The van der Waals surface area contributed by atoms with Crippen LogP contribution in [0.5, 0.6) is 0 Å². The van der Waals surface area contributed by atoms with Crippen LogP contribution in [0.2, 0.25) is 5.02 Å². The highest BCUT2D eigenvalue weighted by Crippen LogP contribution is 2.13. The topological polar surface area (TPSA) is 57.8 Å². The van der Waals surface area contributed by atoms with Crippen LogP contribution in [-0.2, 0) is 6.54 Å². The molecule has 1 aliphatic heterocycles. The van der Waals surface area contributed by atoms with Gasteiger partial charge >= 0.3 is 0 Å². The van der Waals surface area contributed by atoms with Crippen molar-refractivity contribution in [2.75, 3.05) is 13.1 Å². The Balaban J connectivity index is 1.93. The van der Waals surface area contributed by atoms with Crippen molar-refractivity contribution in [1.29, 1.82) is 0 Å². The van der Waals surface area contributed by atoms with E-state index in [1.165, 1.54) is 10.5 Å². The van der Waals surface area contributed by atoms with E-state index in [0.29, 0.717) is 23.8 Å². The van der Waals surface area contributed by atoms with Gasteiger partial charge in [-0.25, -0.2) is 4.98 Å². The molecule has 100 valence electrons. The molecular formula is C13H14ClN3O2. The van der Waals surface area contributed by atoms with E-state index in [1.807, 2.05) is 0 Å². The van der Waals surface area contributed by atoms with Gasteiger partial charge in [-0.2, -0.15) is 0 Å². The number of hydrogen-bond acceptors (Lipinski definition) is 4. The van der Waals surface area contributed by atoms with Crippen molar-refractivity contribution < 1.29 is 5.11 Å². The zero-order valence-electron chi connectivity index (χ0n) is 10.3. The molecule has 0 amide bonds. The van der Waals surface area contributed by atoms with Gasteiger partial charge in [0.2, 0.25) is 0 Å². The van der Waals surface area contributed by atoms with Gasteiger partial charge in [-0.3, -0.25) is 14.1 Å². The fraction of sp³-hybridized carbons (Fsp3) is 0.385. The highest BCUT2D eigenvalue weighted by atomic mass is 35.5. The molecule has 19 heavy (non-hydrogen) atoms. The number of nitrogens with zero attached hydrogens (tertiary/aromatic N) is 3. The third-order valence-electron chi connectivity index (χ3n) is 3.31. The van der Waals surface area contributed by atoms with E-state index in [1.54, 1.807) is 18.3 Å². The average Bonchev–Trinajstić information content (AvgIpc) is 2.76. The van der Waals surface area contributed by atoms with Crippen molar-refractivity contribution in [3.63, 3.8) is 0 Å². The Morgan fingerprint density at radius 3 is 3.05 bits per heavy atom. The van der Waals surface area contributed by atoms with E-state index in [4.69, 9.17) is 11.6 Å². The molecule has 0 bridgehead atoms. The third kappa shape index (κ3) is 2.63. The van der Waals surface area contributed by atoms with Gasteiger partial charge in [-0.15, -0.1) is 0 Å². The first kappa shape index (κ1) is 12.6. The molecule has 0 radical (unpaired) electrons. The van der Waals surface area contributed by atoms with E-state index in [2.05, 4.69) is 9.88 Å². The number of rotatable bonds is 2. The van der Waals surface area contributed by atoms with Crippen LogP contribution in [0.4, 0.5) is 0 Å². The van der Waals surface area contributed by atoms with Crippen LogP contribution in [0, 0.1) is 0 Å². The molecule has 1 fully saturated rings. The van der Waals surface area contributed by atoms with Gasteiger partial charge in [-0.1, -0.05) is 11.6 Å². The lowest BCUT2D eigenvalue weighted by molar-refractivity contribution is 0.174. The Morgan fingerprint density at radius 1 is 1.47 bits per heavy atom. The highest BCUT2D eigenvalue weighted by Gasteiger charge is 2.20. The van der Waals surface area contributed by atoms with Crippen LogP contribution >= 0.6 is 11.6 Å². The predicted octanol–water partition coefficient (Wildman–Crippen LogP) is 0.914. The van der Waals surface area contributed by atoms with Crippen molar-refractivity contribution in [2.45, 2.75) is 19.1 Å². The molecule has 0 aromatic carbocycles.